The second kappa shape index (κ2) is 9.92. The molecule has 3 heterocycles. The van der Waals surface area contributed by atoms with Gasteiger partial charge in [-0.3, -0.25) is 4.68 Å². The number of halogens is 4. The second-order valence-electron chi connectivity index (χ2n) is 8.23. The molecule has 0 unspecified atom stereocenters. The van der Waals surface area contributed by atoms with Gasteiger partial charge in [0.25, 0.3) is 0 Å². The maximum Gasteiger partial charge on any atom is 0.417 e. The number of imidazole rings is 1. The van der Waals surface area contributed by atoms with E-state index in [9.17, 15) is 17.6 Å². The molecular weight excluding hydrogens is 488 g/mol. The highest BCUT2D eigenvalue weighted by Gasteiger charge is 2.34. The fourth-order valence-corrected chi connectivity index (χ4v) is 3.76. The molecule has 2 aromatic carbocycles. The van der Waals surface area contributed by atoms with Crippen LogP contribution in [0.5, 0.6) is 5.75 Å². The third kappa shape index (κ3) is 5.25. The first-order chi connectivity index (χ1) is 17.8. The van der Waals surface area contributed by atoms with Gasteiger partial charge in [0.2, 0.25) is 0 Å². The smallest absolute Gasteiger partial charge is 0.417 e. The van der Waals surface area contributed by atoms with Crippen molar-refractivity contribution in [1.82, 2.24) is 29.9 Å². The lowest BCUT2D eigenvalue weighted by molar-refractivity contribution is -0.137. The van der Waals surface area contributed by atoms with E-state index < -0.39 is 17.6 Å². The standard InChI is InChI=1S/C26H20F4N6O/c1-2-11-37-17-8-9-18(20(12-17)26(28,29)30)22-10-7-16(34-35-22)14-36-15-24-23(13-31-36)32-25(33-24)19-5-3-4-6-21(19)27/h3-10,12-13,15H,2,11,14H2,1H3. The molecule has 3 aromatic rings. The minimum absolute atomic E-state index is 0.0861. The molecule has 2 aliphatic rings. The molecule has 11 heteroatoms. The Bertz CT molecular complexity index is 1500. The van der Waals surface area contributed by atoms with Gasteiger partial charge in [0.15, 0.2) is 5.82 Å². The zero-order chi connectivity index (χ0) is 26.0. The Morgan fingerprint density at radius 1 is 0.892 bits per heavy atom. The molecule has 0 aliphatic carbocycles. The lowest BCUT2D eigenvalue weighted by Crippen LogP contribution is -2.10. The van der Waals surface area contributed by atoms with E-state index in [0.29, 0.717) is 30.1 Å². The number of aromatic nitrogens is 6. The van der Waals surface area contributed by atoms with Crippen LogP contribution in [0, 0.1) is 5.82 Å². The van der Waals surface area contributed by atoms with Crippen LogP contribution in [0.3, 0.4) is 0 Å². The van der Waals surface area contributed by atoms with E-state index in [-0.39, 0.29) is 34.9 Å². The highest BCUT2D eigenvalue weighted by molar-refractivity contribution is 5.66. The van der Waals surface area contributed by atoms with Crippen LogP contribution in [0.15, 0.2) is 67.0 Å². The number of fused-ring (bicyclic) bond motifs is 1. The molecule has 2 aliphatic heterocycles. The van der Waals surface area contributed by atoms with Gasteiger partial charge in [-0.2, -0.15) is 28.5 Å². The molecule has 0 saturated heterocycles. The summed E-state index contributed by atoms with van der Waals surface area (Å²) in [5.41, 5.74) is 0.934. The van der Waals surface area contributed by atoms with E-state index in [1.165, 1.54) is 30.5 Å². The van der Waals surface area contributed by atoms with E-state index in [0.717, 1.165) is 6.07 Å². The molecule has 0 bridgehead atoms. The Balaban J connectivity index is 1.38. The van der Waals surface area contributed by atoms with Gasteiger partial charge in [0, 0.05) is 5.56 Å². The minimum atomic E-state index is -4.58. The average Bonchev–Trinajstić information content (AvgIpc) is 3.31. The van der Waals surface area contributed by atoms with Gasteiger partial charge < -0.3 is 4.74 Å². The molecule has 0 atom stereocenters. The van der Waals surface area contributed by atoms with E-state index >= 15 is 0 Å². The van der Waals surface area contributed by atoms with Crippen LogP contribution in [-0.2, 0) is 12.7 Å². The molecule has 37 heavy (non-hydrogen) atoms. The number of nitrogens with zero attached hydrogens (tertiary/aromatic N) is 6. The van der Waals surface area contributed by atoms with Crippen LogP contribution in [-0.4, -0.2) is 36.6 Å². The van der Waals surface area contributed by atoms with Crippen LogP contribution in [0.2, 0.25) is 0 Å². The van der Waals surface area contributed by atoms with Crippen molar-refractivity contribution in [3.05, 3.63) is 84.1 Å². The first-order valence-electron chi connectivity index (χ1n) is 11.4. The monoisotopic (exact) mass is 508 g/mol. The van der Waals surface area contributed by atoms with Gasteiger partial charge in [-0.25, -0.2) is 14.4 Å². The van der Waals surface area contributed by atoms with Gasteiger partial charge in [0.1, 0.15) is 23.0 Å². The second-order valence-corrected chi connectivity index (χ2v) is 8.23. The van der Waals surface area contributed by atoms with Gasteiger partial charge >= 0.3 is 6.18 Å². The van der Waals surface area contributed by atoms with E-state index in [4.69, 9.17) is 4.74 Å². The Hall–Kier alpha value is -4.41. The maximum absolute atomic E-state index is 14.1. The maximum atomic E-state index is 14.1. The Kier molecular flexibility index (Phi) is 6.51. The van der Waals surface area contributed by atoms with E-state index in [1.54, 1.807) is 35.1 Å². The molecular formula is C26H20F4N6O. The zero-order valence-corrected chi connectivity index (χ0v) is 19.6. The summed E-state index contributed by atoms with van der Waals surface area (Å²) >= 11 is 0. The van der Waals surface area contributed by atoms with Crippen molar-refractivity contribution in [2.24, 2.45) is 0 Å². The van der Waals surface area contributed by atoms with Crippen LogP contribution in [0.4, 0.5) is 17.6 Å². The lowest BCUT2D eigenvalue weighted by Gasteiger charge is -2.14. The molecule has 0 radical (unpaired) electrons. The highest BCUT2D eigenvalue weighted by Crippen LogP contribution is 2.38. The summed E-state index contributed by atoms with van der Waals surface area (Å²) in [7, 11) is 0. The van der Waals surface area contributed by atoms with Crippen LogP contribution < -0.4 is 4.74 Å². The molecule has 0 saturated carbocycles. The Morgan fingerprint density at radius 3 is 2.43 bits per heavy atom. The SMILES string of the molecule is CCCOc1ccc(-c2ccc(Cn3cc4nc(-c5ccccc5F)nc-4cn3)nn2)c(C(F)(F)F)c1. The van der Waals surface area contributed by atoms with E-state index in [1.807, 2.05) is 6.92 Å². The fourth-order valence-electron chi connectivity index (χ4n) is 3.76. The number of rotatable bonds is 7. The summed E-state index contributed by atoms with van der Waals surface area (Å²) in [4.78, 5) is 8.73. The van der Waals surface area contributed by atoms with Crippen molar-refractivity contribution >= 4 is 0 Å². The summed E-state index contributed by atoms with van der Waals surface area (Å²) in [6.07, 6.45) is -0.759. The summed E-state index contributed by atoms with van der Waals surface area (Å²) in [6, 6.07) is 13.1. The van der Waals surface area contributed by atoms with Gasteiger partial charge in [-0.15, -0.1) is 0 Å². The lowest BCUT2D eigenvalue weighted by atomic mass is 10.0. The van der Waals surface area contributed by atoms with Gasteiger partial charge in [-0.1, -0.05) is 19.1 Å². The topological polar surface area (TPSA) is 78.6 Å². The van der Waals surface area contributed by atoms with Crippen molar-refractivity contribution in [1.29, 1.82) is 0 Å². The molecule has 0 N–H and O–H groups in total. The van der Waals surface area contributed by atoms with Crippen molar-refractivity contribution < 1.29 is 22.3 Å². The largest absolute Gasteiger partial charge is 0.494 e. The number of alkyl halides is 3. The molecule has 0 fully saturated rings. The fraction of sp³-hybridized carbons (Fsp3) is 0.192. The normalized spacial score (nSPS) is 11.7. The number of ether oxygens (including phenoxy) is 1. The molecule has 188 valence electrons. The summed E-state index contributed by atoms with van der Waals surface area (Å²) in [5.74, 6) is -0.0247. The third-order valence-corrected chi connectivity index (χ3v) is 5.52. The highest BCUT2D eigenvalue weighted by atomic mass is 19.4. The van der Waals surface area contributed by atoms with Gasteiger partial charge in [0.05, 0.1) is 48.1 Å². The zero-order valence-electron chi connectivity index (χ0n) is 19.6. The first-order valence-corrected chi connectivity index (χ1v) is 11.4. The third-order valence-electron chi connectivity index (χ3n) is 5.52. The predicted octanol–water partition coefficient (Wildman–Crippen LogP) is 5.90. The molecule has 5 rings (SSSR count). The summed E-state index contributed by atoms with van der Waals surface area (Å²) in [5, 5.41) is 12.4. The summed E-state index contributed by atoms with van der Waals surface area (Å²) < 4.78 is 62.2. The Labute approximate surface area is 209 Å². The van der Waals surface area contributed by atoms with Crippen molar-refractivity contribution in [3.8, 4) is 39.8 Å². The van der Waals surface area contributed by atoms with Crippen molar-refractivity contribution in [2.75, 3.05) is 6.61 Å². The molecule has 0 spiro atoms. The van der Waals surface area contributed by atoms with Crippen molar-refractivity contribution in [2.45, 2.75) is 26.1 Å². The van der Waals surface area contributed by atoms with Crippen LogP contribution in [0.25, 0.3) is 34.0 Å². The van der Waals surface area contributed by atoms with Crippen LogP contribution in [0.1, 0.15) is 24.6 Å². The molecule has 0 amide bonds. The molecule has 1 aromatic heterocycles. The number of hydrogen-bond donors (Lipinski definition) is 0. The molecule has 7 nitrogen and oxygen atoms in total. The quantitative estimate of drug-likeness (QED) is 0.255. The number of hydrogen-bond acceptors (Lipinski definition) is 6. The van der Waals surface area contributed by atoms with Crippen LogP contribution >= 0.6 is 0 Å². The average molecular weight is 508 g/mol. The van der Waals surface area contributed by atoms with E-state index in [2.05, 4.69) is 25.3 Å². The first kappa shape index (κ1) is 24.3. The van der Waals surface area contributed by atoms with Gasteiger partial charge in [-0.05, 0) is 48.9 Å². The predicted molar refractivity (Wildman–Crippen MR) is 127 cm³/mol. The minimum Gasteiger partial charge on any atom is -0.494 e. The summed E-state index contributed by atoms with van der Waals surface area (Å²) in [6.45, 7) is 2.39. The number of benzene rings is 2. The Morgan fingerprint density at radius 2 is 1.70 bits per heavy atom. The van der Waals surface area contributed by atoms with Crippen molar-refractivity contribution in [3.63, 3.8) is 0 Å².